The van der Waals surface area contributed by atoms with Crippen molar-refractivity contribution in [2.45, 2.75) is 19.3 Å². The Hall–Kier alpha value is -1.14. The summed E-state index contributed by atoms with van der Waals surface area (Å²) >= 11 is 0. The number of hydrogen-bond acceptors (Lipinski definition) is 4. The minimum atomic E-state index is 0.143. The third-order valence-corrected chi connectivity index (χ3v) is 4.08. The molecule has 6 nitrogen and oxygen atoms in total. The van der Waals surface area contributed by atoms with Gasteiger partial charge in [-0.1, -0.05) is 0 Å². The number of rotatable bonds is 5. The Morgan fingerprint density at radius 2 is 2.19 bits per heavy atom. The predicted molar refractivity (Wildman–Crippen MR) is 79.9 cm³/mol. The topological polar surface area (TPSA) is 53.1 Å². The third kappa shape index (κ3) is 4.97. The van der Waals surface area contributed by atoms with Gasteiger partial charge in [-0.25, -0.2) is 0 Å². The van der Waals surface area contributed by atoms with Crippen molar-refractivity contribution < 1.29 is 14.3 Å². The first kappa shape index (κ1) is 16.2. The molecule has 2 amide bonds. The van der Waals surface area contributed by atoms with Crippen molar-refractivity contribution in [3.05, 3.63) is 0 Å². The van der Waals surface area contributed by atoms with E-state index in [4.69, 9.17) is 4.74 Å². The van der Waals surface area contributed by atoms with E-state index >= 15 is 0 Å². The van der Waals surface area contributed by atoms with E-state index in [0.29, 0.717) is 45.1 Å². The van der Waals surface area contributed by atoms with E-state index in [0.717, 1.165) is 26.1 Å². The molecule has 0 aromatic rings. The van der Waals surface area contributed by atoms with Crippen LogP contribution in [0.3, 0.4) is 0 Å². The molecule has 6 heteroatoms. The van der Waals surface area contributed by atoms with Crippen LogP contribution in [0.5, 0.6) is 0 Å². The summed E-state index contributed by atoms with van der Waals surface area (Å²) < 4.78 is 5.60. The summed E-state index contributed by atoms with van der Waals surface area (Å²) in [6.07, 6.45) is 1.99. The van der Waals surface area contributed by atoms with Crippen molar-refractivity contribution in [2.24, 2.45) is 5.92 Å². The Labute approximate surface area is 127 Å². The van der Waals surface area contributed by atoms with Gasteiger partial charge in [0, 0.05) is 51.5 Å². The summed E-state index contributed by atoms with van der Waals surface area (Å²) in [5, 5.41) is 0. The summed E-state index contributed by atoms with van der Waals surface area (Å²) in [5.41, 5.74) is 0. The van der Waals surface area contributed by atoms with Crippen molar-refractivity contribution in [2.75, 3.05) is 60.0 Å². The van der Waals surface area contributed by atoms with E-state index in [1.54, 1.807) is 0 Å². The molecule has 0 radical (unpaired) electrons. The molecule has 2 heterocycles. The average molecular weight is 297 g/mol. The minimum absolute atomic E-state index is 0.143. The lowest BCUT2D eigenvalue weighted by Crippen LogP contribution is -2.40. The Morgan fingerprint density at radius 1 is 1.38 bits per heavy atom. The third-order valence-electron chi connectivity index (χ3n) is 4.08. The lowest BCUT2D eigenvalue weighted by atomic mass is 10.1. The molecule has 0 N–H and O–H groups in total. The molecule has 2 fully saturated rings. The molecule has 0 spiro atoms. The van der Waals surface area contributed by atoms with Crippen LogP contribution >= 0.6 is 0 Å². The highest BCUT2D eigenvalue weighted by Gasteiger charge is 2.25. The van der Waals surface area contributed by atoms with Crippen LogP contribution in [0, 0.1) is 5.92 Å². The second kappa shape index (κ2) is 7.75. The van der Waals surface area contributed by atoms with Gasteiger partial charge in [0.15, 0.2) is 0 Å². The molecule has 2 aliphatic rings. The average Bonchev–Trinajstić information content (AvgIpc) is 2.70. The first-order valence-corrected chi connectivity index (χ1v) is 7.84. The molecular formula is C15H27N3O3. The number of hydrogen-bond donors (Lipinski definition) is 0. The zero-order valence-corrected chi connectivity index (χ0v) is 13.2. The van der Waals surface area contributed by atoms with Gasteiger partial charge in [-0.3, -0.25) is 9.59 Å². The standard InChI is InChI=1S/C15H27N3O3/c1-16(2)10-13-11-18(8-9-21-12-13)15(20)5-7-17-6-3-4-14(17)19/h13H,3-12H2,1-2H3. The van der Waals surface area contributed by atoms with E-state index in [1.165, 1.54) is 0 Å². The zero-order valence-electron chi connectivity index (χ0n) is 13.2. The van der Waals surface area contributed by atoms with E-state index in [2.05, 4.69) is 4.90 Å². The van der Waals surface area contributed by atoms with Crippen LogP contribution in [0.1, 0.15) is 19.3 Å². The Kier molecular flexibility index (Phi) is 5.99. The molecule has 0 aromatic carbocycles. The van der Waals surface area contributed by atoms with Crippen LogP contribution in [0.2, 0.25) is 0 Å². The van der Waals surface area contributed by atoms with Gasteiger partial charge in [0.1, 0.15) is 0 Å². The maximum absolute atomic E-state index is 12.4. The summed E-state index contributed by atoms with van der Waals surface area (Å²) in [5.74, 6) is 0.691. The summed E-state index contributed by atoms with van der Waals surface area (Å²) in [6, 6.07) is 0. The molecule has 2 aliphatic heterocycles. The van der Waals surface area contributed by atoms with E-state index in [-0.39, 0.29) is 11.8 Å². The molecule has 1 unspecified atom stereocenters. The van der Waals surface area contributed by atoms with Crippen LogP contribution in [-0.2, 0) is 14.3 Å². The Balaban J connectivity index is 1.80. The highest BCUT2D eigenvalue weighted by atomic mass is 16.5. The monoisotopic (exact) mass is 297 g/mol. The van der Waals surface area contributed by atoms with Crippen molar-refractivity contribution in [3.8, 4) is 0 Å². The summed E-state index contributed by atoms with van der Waals surface area (Å²) in [7, 11) is 4.08. The van der Waals surface area contributed by atoms with Gasteiger partial charge in [-0.2, -0.15) is 0 Å². The lowest BCUT2D eigenvalue weighted by molar-refractivity contribution is -0.133. The number of amides is 2. The van der Waals surface area contributed by atoms with Crippen molar-refractivity contribution in [1.29, 1.82) is 0 Å². The predicted octanol–water partition coefficient (Wildman–Crippen LogP) is 0.0355. The molecule has 0 aliphatic carbocycles. The van der Waals surface area contributed by atoms with Gasteiger partial charge >= 0.3 is 0 Å². The van der Waals surface area contributed by atoms with E-state index in [9.17, 15) is 9.59 Å². The van der Waals surface area contributed by atoms with Crippen LogP contribution < -0.4 is 0 Å². The van der Waals surface area contributed by atoms with Crippen molar-refractivity contribution in [3.63, 3.8) is 0 Å². The van der Waals surface area contributed by atoms with Crippen molar-refractivity contribution >= 4 is 11.8 Å². The fourth-order valence-corrected chi connectivity index (χ4v) is 3.06. The maximum Gasteiger partial charge on any atom is 0.224 e. The highest BCUT2D eigenvalue weighted by molar-refractivity contribution is 5.80. The van der Waals surface area contributed by atoms with Gasteiger partial charge in [-0.05, 0) is 20.5 Å². The molecule has 0 bridgehead atoms. The maximum atomic E-state index is 12.4. The molecule has 120 valence electrons. The second-order valence-electron chi connectivity index (χ2n) is 6.28. The molecule has 2 rings (SSSR count). The van der Waals surface area contributed by atoms with Crippen LogP contribution in [-0.4, -0.2) is 86.5 Å². The van der Waals surface area contributed by atoms with E-state index in [1.807, 2.05) is 23.9 Å². The van der Waals surface area contributed by atoms with Gasteiger partial charge in [0.05, 0.1) is 13.2 Å². The minimum Gasteiger partial charge on any atom is -0.379 e. The molecule has 0 saturated carbocycles. The Bertz CT molecular complexity index is 373. The fourth-order valence-electron chi connectivity index (χ4n) is 3.06. The highest BCUT2D eigenvalue weighted by Crippen LogP contribution is 2.12. The largest absolute Gasteiger partial charge is 0.379 e. The molecule has 21 heavy (non-hydrogen) atoms. The smallest absolute Gasteiger partial charge is 0.224 e. The quantitative estimate of drug-likeness (QED) is 0.719. The normalized spacial score (nSPS) is 23.8. The van der Waals surface area contributed by atoms with Crippen LogP contribution in [0.15, 0.2) is 0 Å². The first-order chi connectivity index (χ1) is 10.1. The van der Waals surface area contributed by atoms with Gasteiger partial charge in [-0.15, -0.1) is 0 Å². The number of carbonyl (C=O) groups is 2. The number of likely N-dealkylation sites (tertiary alicyclic amines) is 1. The van der Waals surface area contributed by atoms with Gasteiger partial charge in [0.2, 0.25) is 11.8 Å². The number of carbonyl (C=O) groups excluding carboxylic acids is 2. The van der Waals surface area contributed by atoms with Crippen molar-refractivity contribution in [1.82, 2.24) is 14.7 Å². The SMILES string of the molecule is CN(C)CC1COCCN(C(=O)CCN2CCCC2=O)C1. The molecule has 1 atom stereocenters. The van der Waals surface area contributed by atoms with Crippen LogP contribution in [0.4, 0.5) is 0 Å². The zero-order chi connectivity index (χ0) is 15.2. The summed E-state index contributed by atoms with van der Waals surface area (Å²) in [4.78, 5) is 29.8. The van der Waals surface area contributed by atoms with Crippen LogP contribution in [0.25, 0.3) is 0 Å². The number of nitrogens with zero attached hydrogens (tertiary/aromatic N) is 3. The van der Waals surface area contributed by atoms with Gasteiger partial charge in [0.25, 0.3) is 0 Å². The second-order valence-corrected chi connectivity index (χ2v) is 6.28. The number of ether oxygens (including phenoxy) is 1. The van der Waals surface area contributed by atoms with E-state index < -0.39 is 0 Å². The lowest BCUT2D eigenvalue weighted by Gasteiger charge is -2.26. The molecule has 2 saturated heterocycles. The summed E-state index contributed by atoms with van der Waals surface area (Å²) in [6.45, 7) is 5.03. The molecular weight excluding hydrogens is 270 g/mol. The first-order valence-electron chi connectivity index (χ1n) is 7.84. The Morgan fingerprint density at radius 3 is 2.86 bits per heavy atom. The van der Waals surface area contributed by atoms with Gasteiger partial charge < -0.3 is 19.4 Å². The fraction of sp³-hybridized carbons (Fsp3) is 0.867. The molecule has 0 aromatic heterocycles.